The van der Waals surface area contributed by atoms with Gasteiger partial charge in [0, 0.05) is 23.7 Å². The highest BCUT2D eigenvalue weighted by Gasteiger charge is 2.54. The molecule has 0 bridgehead atoms. The molecule has 20 heteroatoms. The maximum atomic E-state index is 13.2. The number of aromatic hydroxyl groups is 1. The first-order valence-electron chi connectivity index (χ1n) is 12.6. The van der Waals surface area contributed by atoms with E-state index in [1.807, 2.05) is 0 Å². The van der Waals surface area contributed by atoms with E-state index in [0.717, 1.165) is 37.4 Å². The van der Waals surface area contributed by atoms with Crippen molar-refractivity contribution in [3.63, 3.8) is 0 Å². The highest BCUT2D eigenvalue weighted by atomic mass is 32.2. The first kappa shape index (κ1) is 32.6. The Hall–Kier alpha value is -5.34. The third kappa shape index (κ3) is 6.92. The molecule has 0 saturated carbocycles. The van der Waals surface area contributed by atoms with Gasteiger partial charge in [-0.1, -0.05) is 23.4 Å². The van der Waals surface area contributed by atoms with Crippen LogP contribution >= 0.6 is 11.3 Å². The summed E-state index contributed by atoms with van der Waals surface area (Å²) < 4.78 is 34.8. The molecular weight excluding hydrogens is 638 g/mol. The number of carbonyl (C=O) groups is 4. The molecule has 1 fully saturated rings. The number of thiazole rings is 1. The Labute approximate surface area is 257 Å². The van der Waals surface area contributed by atoms with Gasteiger partial charge in [-0.2, -0.15) is 8.42 Å². The van der Waals surface area contributed by atoms with E-state index in [-0.39, 0.29) is 20.8 Å². The molecule has 18 nitrogen and oxygen atoms in total. The molecule has 7 N–H and O–H groups in total. The third-order valence-electron chi connectivity index (χ3n) is 6.33. The molecule has 1 aliphatic rings. The molecular formula is C25H25N7O11S2. The molecule has 0 unspecified atom stereocenters. The maximum Gasteiger partial charge on any atom is 0.362 e. The summed E-state index contributed by atoms with van der Waals surface area (Å²) >= 11 is 0.903. The highest BCUT2D eigenvalue weighted by Crippen LogP contribution is 2.24. The lowest BCUT2D eigenvalue weighted by molar-refractivity contribution is -0.161. The number of carboxylic acid groups (broad SMARTS) is 1. The second-order valence-electron chi connectivity index (χ2n) is 9.87. The lowest BCUT2D eigenvalue weighted by Crippen LogP contribution is -2.74. The van der Waals surface area contributed by atoms with Crippen molar-refractivity contribution < 1.29 is 47.2 Å². The van der Waals surface area contributed by atoms with Crippen LogP contribution in [0.15, 0.2) is 57.9 Å². The minimum Gasteiger partial charge on any atom is -0.503 e. The Morgan fingerprint density at radius 3 is 2.44 bits per heavy atom. The van der Waals surface area contributed by atoms with Crippen molar-refractivity contribution in [3.05, 3.63) is 69.6 Å². The summed E-state index contributed by atoms with van der Waals surface area (Å²) in [6.45, 7) is 1.62. The van der Waals surface area contributed by atoms with Crippen molar-refractivity contribution in [2.75, 3.05) is 12.3 Å². The second kappa shape index (κ2) is 12.3. The van der Waals surface area contributed by atoms with Gasteiger partial charge in [-0.15, -0.1) is 11.3 Å². The Kier molecular flexibility index (Phi) is 8.93. The van der Waals surface area contributed by atoms with E-state index in [1.54, 1.807) is 30.3 Å². The number of nitrogens with zero attached hydrogens (tertiary/aromatic N) is 4. The smallest absolute Gasteiger partial charge is 0.362 e. The molecule has 238 valence electrons. The molecule has 0 aliphatic carbocycles. The van der Waals surface area contributed by atoms with Crippen LogP contribution in [0.2, 0.25) is 0 Å². The summed E-state index contributed by atoms with van der Waals surface area (Å²) in [7, 11) is -5.17. The number of nitrogens with two attached hydrogens (primary N) is 1. The molecule has 3 amide bonds. The van der Waals surface area contributed by atoms with Gasteiger partial charge in [-0.25, -0.2) is 14.1 Å². The van der Waals surface area contributed by atoms with Gasteiger partial charge in [-0.05, 0) is 26.0 Å². The predicted molar refractivity (Wildman–Crippen MR) is 156 cm³/mol. The van der Waals surface area contributed by atoms with E-state index in [4.69, 9.17) is 10.6 Å². The van der Waals surface area contributed by atoms with Crippen LogP contribution in [0.25, 0.3) is 5.69 Å². The lowest BCUT2D eigenvalue weighted by Gasteiger charge is -2.44. The molecule has 4 rings (SSSR count). The Morgan fingerprint density at radius 1 is 1.20 bits per heavy atom. The number of nitrogen functional groups attached to an aromatic ring is 1. The number of pyridine rings is 1. The maximum absolute atomic E-state index is 13.2. The van der Waals surface area contributed by atoms with E-state index in [9.17, 15) is 47.2 Å². The molecule has 0 radical (unpaired) electrons. The van der Waals surface area contributed by atoms with Gasteiger partial charge in [0.05, 0.1) is 12.2 Å². The first-order valence-corrected chi connectivity index (χ1v) is 14.9. The quantitative estimate of drug-likeness (QED) is 0.0629. The topological polar surface area (TPSA) is 273 Å². The largest absolute Gasteiger partial charge is 0.503 e. The molecule has 1 saturated heterocycles. The zero-order valence-electron chi connectivity index (χ0n) is 23.3. The average molecular weight is 664 g/mol. The summed E-state index contributed by atoms with van der Waals surface area (Å²) in [5.41, 5.74) is 2.17. The number of para-hydroxylation sites is 1. The minimum atomic E-state index is -5.17. The number of oxime groups is 1. The van der Waals surface area contributed by atoms with Gasteiger partial charge in [0.15, 0.2) is 16.6 Å². The molecule has 0 spiro atoms. The van der Waals surface area contributed by atoms with Crippen LogP contribution in [0.4, 0.5) is 5.13 Å². The Morgan fingerprint density at radius 2 is 1.87 bits per heavy atom. The van der Waals surface area contributed by atoms with Crippen LogP contribution in [-0.4, -0.2) is 90.7 Å². The van der Waals surface area contributed by atoms with Gasteiger partial charge in [0.25, 0.3) is 17.7 Å². The fourth-order valence-electron chi connectivity index (χ4n) is 3.96. The molecule has 1 aliphatic heterocycles. The first-order chi connectivity index (χ1) is 21.0. The lowest BCUT2D eigenvalue weighted by atomic mass is 9.98. The number of nitrogens with one attached hydrogen (secondary N) is 2. The number of anilines is 1. The fourth-order valence-corrected chi connectivity index (χ4v) is 5.39. The van der Waals surface area contributed by atoms with Gasteiger partial charge in [0.2, 0.25) is 11.0 Å². The van der Waals surface area contributed by atoms with Gasteiger partial charge in [-0.3, -0.25) is 23.7 Å². The van der Waals surface area contributed by atoms with E-state index >= 15 is 0 Å². The zero-order chi connectivity index (χ0) is 33.3. The number of aromatic nitrogens is 2. The molecule has 1 aromatic carbocycles. The van der Waals surface area contributed by atoms with Crippen molar-refractivity contribution in [3.8, 4) is 11.4 Å². The number of hydrogen-bond acceptors (Lipinski definition) is 13. The van der Waals surface area contributed by atoms with Crippen molar-refractivity contribution in [1.29, 1.82) is 0 Å². The van der Waals surface area contributed by atoms with Crippen LogP contribution in [0.3, 0.4) is 0 Å². The minimum absolute atomic E-state index is 0.00376. The van der Waals surface area contributed by atoms with Crippen LogP contribution in [0.5, 0.6) is 5.75 Å². The fraction of sp³-hybridized carbons (Fsp3) is 0.240. The van der Waals surface area contributed by atoms with Crippen LogP contribution in [0.1, 0.15) is 30.0 Å². The normalized spacial score (nSPS) is 16.9. The van der Waals surface area contributed by atoms with Crippen molar-refractivity contribution in [2.45, 2.75) is 31.5 Å². The van der Waals surface area contributed by atoms with E-state index in [1.165, 1.54) is 9.95 Å². The van der Waals surface area contributed by atoms with E-state index < -0.39 is 75.1 Å². The van der Waals surface area contributed by atoms with Crippen molar-refractivity contribution in [2.24, 2.45) is 5.16 Å². The number of aliphatic carboxylic acids is 1. The summed E-state index contributed by atoms with van der Waals surface area (Å²) in [5.74, 6) is -5.47. The predicted octanol–water partition coefficient (Wildman–Crippen LogP) is -0.906. The summed E-state index contributed by atoms with van der Waals surface area (Å²) in [5, 5.41) is 28.7. The SMILES string of the molecule is CC(C)(O/N=C(\C(=O)N[C@@H]1C(=O)N(S(=O)(=O)O)[C@@H]1CNC(=O)c1cc(=O)c(O)cn1-c1ccccc1)c1csc(N)n1)C(=O)O. The summed E-state index contributed by atoms with van der Waals surface area (Å²) in [6, 6.07) is 5.71. The number of benzene rings is 1. The summed E-state index contributed by atoms with van der Waals surface area (Å²) in [6.07, 6.45) is 1.01. The average Bonchev–Trinajstić information content (AvgIpc) is 3.40. The van der Waals surface area contributed by atoms with Crippen LogP contribution < -0.4 is 21.8 Å². The van der Waals surface area contributed by atoms with Gasteiger partial charge in [0.1, 0.15) is 17.4 Å². The molecule has 3 heterocycles. The number of β-lactam (4-membered cyclic amide) rings is 1. The Balaban J connectivity index is 1.60. The van der Waals surface area contributed by atoms with E-state index in [0.29, 0.717) is 5.69 Å². The van der Waals surface area contributed by atoms with Crippen molar-refractivity contribution >= 4 is 56.2 Å². The van der Waals surface area contributed by atoms with Crippen molar-refractivity contribution in [1.82, 2.24) is 24.5 Å². The van der Waals surface area contributed by atoms with Crippen LogP contribution in [-0.2, 0) is 29.5 Å². The highest BCUT2D eigenvalue weighted by molar-refractivity contribution is 7.84. The molecule has 2 aromatic heterocycles. The number of carbonyl (C=O) groups excluding carboxylic acids is 3. The Bertz CT molecular complexity index is 1870. The summed E-state index contributed by atoms with van der Waals surface area (Å²) in [4.78, 5) is 71.7. The molecule has 2 atom stereocenters. The second-order valence-corrected chi connectivity index (χ2v) is 12.1. The van der Waals surface area contributed by atoms with E-state index in [2.05, 4.69) is 20.8 Å². The number of rotatable bonds is 11. The standard InChI is InChI=1S/C25H25N7O11S2/c1-25(2,23(38)39)43-30-18(13-11-44-24(26)28-13)21(36)29-19-15(32(22(19)37)45(40,41)42)9-27-20(35)14-8-16(33)17(34)10-31(14)12-6-4-3-5-7-12/h3-8,10-11,15,19,34H,9H2,1-2H3,(H2,26,28)(H,27,35)(H,29,36)(H,38,39)(H,40,41,42)/b30-18-/t15-,19+/m1/s1. The van der Waals surface area contributed by atoms with Gasteiger partial charge < -0.3 is 36.0 Å². The zero-order valence-corrected chi connectivity index (χ0v) is 24.9. The monoisotopic (exact) mass is 663 g/mol. The molecule has 45 heavy (non-hydrogen) atoms. The number of hydrogen-bond donors (Lipinski definition) is 6. The van der Waals surface area contributed by atoms with Crippen LogP contribution in [0, 0.1) is 0 Å². The third-order valence-corrected chi connectivity index (χ3v) is 7.96. The van der Waals surface area contributed by atoms with Gasteiger partial charge >= 0.3 is 16.3 Å². The number of carboxylic acids is 1. The number of amides is 3. The molecule has 3 aromatic rings.